The van der Waals surface area contributed by atoms with Gasteiger partial charge in [-0.1, -0.05) is 0 Å². The Kier molecular flexibility index (Phi) is 2.43. The summed E-state index contributed by atoms with van der Waals surface area (Å²) in [5, 5.41) is 3.24. The minimum absolute atomic E-state index is 0.705. The minimum atomic E-state index is 0.705. The normalized spacial score (nSPS) is 15.9. The molecule has 0 spiro atoms. The molecule has 0 atom stereocenters. The Bertz CT molecular complexity index is 343. The van der Waals surface area contributed by atoms with Crippen LogP contribution in [0.1, 0.15) is 11.5 Å². The number of nitrogens with one attached hydrogen (secondary N) is 1. The fraction of sp³-hybridized carbons (Fsp3) is 0.500. The van der Waals surface area contributed by atoms with Gasteiger partial charge in [0.15, 0.2) is 5.96 Å². The number of hydrogen-bond acceptors (Lipinski definition) is 4. The molecule has 0 amide bonds. The summed E-state index contributed by atoms with van der Waals surface area (Å²) in [6.45, 7) is 4.54. The molecule has 1 aliphatic heterocycles. The zero-order chi connectivity index (χ0) is 9.97. The van der Waals surface area contributed by atoms with E-state index in [2.05, 4.69) is 15.2 Å². The van der Waals surface area contributed by atoms with Crippen molar-refractivity contribution in [2.24, 2.45) is 4.99 Å². The molecule has 14 heavy (non-hydrogen) atoms. The summed E-state index contributed by atoms with van der Waals surface area (Å²) in [5.41, 5.74) is 0. The predicted octanol–water partition coefficient (Wildman–Crippen LogP) is 0.979. The smallest absolute Gasteiger partial charge is 0.194 e. The maximum Gasteiger partial charge on any atom is 0.194 e. The van der Waals surface area contributed by atoms with E-state index in [1.165, 1.54) is 0 Å². The molecule has 0 saturated carbocycles. The van der Waals surface area contributed by atoms with E-state index >= 15 is 0 Å². The Morgan fingerprint density at radius 2 is 2.43 bits per heavy atom. The number of likely N-dealkylation sites (N-methyl/N-ethyl adjacent to an activating group) is 1. The summed E-state index contributed by atoms with van der Waals surface area (Å²) < 4.78 is 5.44. The summed E-state index contributed by atoms with van der Waals surface area (Å²) >= 11 is 0. The van der Waals surface area contributed by atoms with Gasteiger partial charge in [-0.2, -0.15) is 0 Å². The number of furan rings is 1. The van der Waals surface area contributed by atoms with Crippen LogP contribution in [-0.2, 0) is 6.54 Å². The third kappa shape index (κ3) is 1.89. The highest BCUT2D eigenvalue weighted by atomic mass is 16.3. The second kappa shape index (κ2) is 3.74. The van der Waals surface area contributed by atoms with Gasteiger partial charge >= 0.3 is 0 Å². The van der Waals surface area contributed by atoms with E-state index in [-0.39, 0.29) is 0 Å². The van der Waals surface area contributed by atoms with Gasteiger partial charge in [-0.15, -0.1) is 0 Å². The largest absolute Gasteiger partial charge is 0.465 e. The van der Waals surface area contributed by atoms with Gasteiger partial charge in [0.25, 0.3) is 0 Å². The van der Waals surface area contributed by atoms with Gasteiger partial charge in [-0.3, -0.25) is 4.99 Å². The molecule has 0 saturated heterocycles. The van der Waals surface area contributed by atoms with Gasteiger partial charge in [-0.25, -0.2) is 0 Å². The van der Waals surface area contributed by atoms with Gasteiger partial charge in [0.1, 0.15) is 11.5 Å². The second-order valence-corrected chi connectivity index (χ2v) is 3.49. The number of hydrogen-bond donors (Lipinski definition) is 1. The van der Waals surface area contributed by atoms with Crippen LogP contribution in [0.25, 0.3) is 0 Å². The first-order valence-corrected chi connectivity index (χ1v) is 4.80. The highest BCUT2D eigenvalue weighted by molar-refractivity contribution is 5.81. The van der Waals surface area contributed by atoms with Crippen LogP contribution in [0.15, 0.2) is 21.5 Å². The van der Waals surface area contributed by atoms with E-state index in [4.69, 9.17) is 4.42 Å². The molecule has 0 fully saturated rings. The van der Waals surface area contributed by atoms with Crippen LogP contribution < -0.4 is 5.32 Å². The molecule has 4 heteroatoms. The van der Waals surface area contributed by atoms with Gasteiger partial charge in [0, 0.05) is 13.6 Å². The Balaban J connectivity index is 1.88. The Labute approximate surface area is 83.6 Å². The fourth-order valence-corrected chi connectivity index (χ4v) is 1.47. The van der Waals surface area contributed by atoms with Crippen molar-refractivity contribution in [2.75, 3.05) is 20.1 Å². The molecule has 0 aromatic carbocycles. The average Bonchev–Trinajstić information content (AvgIpc) is 2.72. The highest BCUT2D eigenvalue weighted by Gasteiger charge is 2.11. The highest BCUT2D eigenvalue weighted by Crippen LogP contribution is 2.06. The van der Waals surface area contributed by atoms with Crippen molar-refractivity contribution in [3.8, 4) is 0 Å². The molecule has 1 aromatic heterocycles. The Morgan fingerprint density at radius 3 is 3.00 bits per heavy atom. The van der Waals surface area contributed by atoms with Crippen LogP contribution in [0, 0.1) is 6.92 Å². The lowest BCUT2D eigenvalue weighted by Gasteiger charge is -2.14. The third-order valence-corrected chi connectivity index (χ3v) is 2.28. The van der Waals surface area contributed by atoms with Crippen molar-refractivity contribution in [1.29, 1.82) is 0 Å². The van der Waals surface area contributed by atoms with Crippen molar-refractivity contribution in [1.82, 2.24) is 10.2 Å². The Morgan fingerprint density at radius 1 is 1.57 bits per heavy atom. The molecule has 1 aromatic rings. The standard InChI is InChI=1S/C10H15N3O/c1-8-3-4-9(14-8)7-12-10-11-5-6-13(10)2/h3-4H,5-7H2,1-2H3,(H,11,12). The van der Waals surface area contributed by atoms with E-state index < -0.39 is 0 Å². The van der Waals surface area contributed by atoms with E-state index in [9.17, 15) is 0 Å². The summed E-state index contributed by atoms with van der Waals surface area (Å²) in [6.07, 6.45) is 0. The summed E-state index contributed by atoms with van der Waals surface area (Å²) in [5.74, 6) is 2.85. The number of nitrogens with zero attached hydrogens (tertiary/aromatic N) is 2. The van der Waals surface area contributed by atoms with Crippen LogP contribution in [0.3, 0.4) is 0 Å². The molecular formula is C10H15N3O. The van der Waals surface area contributed by atoms with E-state index in [1.54, 1.807) is 0 Å². The molecule has 0 aliphatic carbocycles. The first kappa shape index (κ1) is 9.12. The van der Waals surface area contributed by atoms with E-state index in [0.29, 0.717) is 6.54 Å². The van der Waals surface area contributed by atoms with E-state index in [1.807, 2.05) is 26.1 Å². The van der Waals surface area contributed by atoms with Gasteiger partial charge in [0.05, 0.1) is 13.1 Å². The summed E-state index contributed by atoms with van der Waals surface area (Å²) in [6, 6.07) is 3.95. The molecule has 0 bridgehead atoms. The zero-order valence-electron chi connectivity index (χ0n) is 8.58. The lowest BCUT2D eigenvalue weighted by molar-refractivity contribution is 0.468. The molecule has 0 unspecified atom stereocenters. The van der Waals surface area contributed by atoms with E-state index in [0.717, 1.165) is 30.6 Å². The predicted molar refractivity (Wildman–Crippen MR) is 55.2 cm³/mol. The second-order valence-electron chi connectivity index (χ2n) is 3.49. The maximum atomic E-state index is 5.44. The van der Waals surface area contributed by atoms with Crippen LogP contribution in [0.4, 0.5) is 0 Å². The number of guanidine groups is 1. The van der Waals surface area contributed by atoms with Gasteiger partial charge in [-0.05, 0) is 19.1 Å². The number of aryl methyl sites for hydroxylation is 1. The third-order valence-electron chi connectivity index (χ3n) is 2.28. The summed E-state index contributed by atoms with van der Waals surface area (Å²) in [7, 11) is 2.03. The number of aliphatic imine (C=N–C) groups is 1. The van der Waals surface area contributed by atoms with Gasteiger partial charge in [0.2, 0.25) is 0 Å². The van der Waals surface area contributed by atoms with Gasteiger partial charge < -0.3 is 14.6 Å². The Hall–Kier alpha value is -1.45. The van der Waals surface area contributed by atoms with Crippen molar-refractivity contribution in [3.05, 3.63) is 23.7 Å². The van der Waals surface area contributed by atoms with Crippen LogP contribution >= 0.6 is 0 Å². The fourth-order valence-electron chi connectivity index (χ4n) is 1.47. The minimum Gasteiger partial charge on any atom is -0.465 e. The van der Waals surface area contributed by atoms with Crippen LogP contribution in [0.2, 0.25) is 0 Å². The van der Waals surface area contributed by atoms with Crippen molar-refractivity contribution in [3.63, 3.8) is 0 Å². The van der Waals surface area contributed by atoms with Crippen LogP contribution in [-0.4, -0.2) is 31.0 Å². The lowest BCUT2D eigenvalue weighted by Crippen LogP contribution is -2.34. The molecule has 2 heterocycles. The van der Waals surface area contributed by atoms with Crippen molar-refractivity contribution >= 4 is 5.96 Å². The first-order valence-electron chi connectivity index (χ1n) is 4.80. The molecule has 1 N–H and O–H groups in total. The molecule has 76 valence electrons. The molecule has 4 nitrogen and oxygen atoms in total. The van der Waals surface area contributed by atoms with Crippen molar-refractivity contribution < 1.29 is 4.42 Å². The SMILES string of the molecule is Cc1ccc(CNC2=NCCN2C)o1. The molecule has 0 radical (unpaired) electrons. The summed E-state index contributed by atoms with van der Waals surface area (Å²) in [4.78, 5) is 6.44. The van der Waals surface area contributed by atoms with Crippen molar-refractivity contribution in [2.45, 2.75) is 13.5 Å². The maximum absolute atomic E-state index is 5.44. The molecule has 1 aliphatic rings. The average molecular weight is 193 g/mol. The quantitative estimate of drug-likeness (QED) is 0.761. The molecule has 2 rings (SSSR count). The monoisotopic (exact) mass is 193 g/mol. The molecular weight excluding hydrogens is 178 g/mol. The van der Waals surface area contributed by atoms with Crippen LogP contribution in [0.5, 0.6) is 0 Å². The lowest BCUT2D eigenvalue weighted by atomic mass is 10.4. The number of rotatable bonds is 2. The first-order chi connectivity index (χ1) is 6.75. The zero-order valence-corrected chi connectivity index (χ0v) is 8.58. The topological polar surface area (TPSA) is 40.8 Å².